The minimum Gasteiger partial charge on any atom is -0.478 e. The maximum absolute atomic E-state index is 12.4. The molecule has 1 aromatic heterocycles. The van der Waals surface area contributed by atoms with Crippen LogP contribution in [0.1, 0.15) is 22.3 Å². The van der Waals surface area contributed by atoms with E-state index in [2.05, 4.69) is 0 Å². The third-order valence-electron chi connectivity index (χ3n) is 4.80. The van der Waals surface area contributed by atoms with Crippen molar-refractivity contribution >= 4 is 16.9 Å². The quantitative estimate of drug-likeness (QED) is 0.535. The summed E-state index contributed by atoms with van der Waals surface area (Å²) in [4.78, 5) is 24.3. The van der Waals surface area contributed by atoms with Gasteiger partial charge in [-0.1, -0.05) is 30.3 Å². The molecule has 1 aliphatic rings. The van der Waals surface area contributed by atoms with E-state index in [1.807, 2.05) is 50.2 Å². The van der Waals surface area contributed by atoms with Crippen LogP contribution < -0.4 is 10.4 Å². The van der Waals surface area contributed by atoms with Crippen LogP contribution >= 0.6 is 0 Å². The van der Waals surface area contributed by atoms with Gasteiger partial charge in [0.15, 0.2) is 6.10 Å². The number of aryl methyl sites for hydroxylation is 2. The third kappa shape index (κ3) is 2.86. The Kier molecular flexibility index (Phi) is 3.99. The number of hydrogen-bond acceptors (Lipinski definition) is 5. The van der Waals surface area contributed by atoms with Crippen molar-refractivity contribution in [2.75, 3.05) is 0 Å². The van der Waals surface area contributed by atoms with Crippen LogP contribution in [0.25, 0.3) is 11.0 Å². The van der Waals surface area contributed by atoms with Crippen molar-refractivity contribution in [2.45, 2.75) is 33.0 Å². The van der Waals surface area contributed by atoms with Crippen molar-refractivity contribution in [2.24, 2.45) is 0 Å². The van der Waals surface area contributed by atoms with Crippen LogP contribution in [-0.2, 0) is 22.6 Å². The fourth-order valence-electron chi connectivity index (χ4n) is 3.20. The zero-order chi connectivity index (χ0) is 18.3. The predicted molar refractivity (Wildman–Crippen MR) is 96.3 cm³/mol. The van der Waals surface area contributed by atoms with Gasteiger partial charge in [0.25, 0.3) is 0 Å². The number of rotatable bonds is 3. The van der Waals surface area contributed by atoms with E-state index in [1.54, 1.807) is 0 Å². The standard InChI is InChI=1S/C21H18O5/c1-12-7-8-16-15(10-19(22)26-20(16)13(12)2)11-24-21(23)18-9-14-5-3-4-6-17(14)25-18/h3-8,10,18H,9,11H2,1-2H3/t18-/m0/s1. The normalized spacial score (nSPS) is 15.5. The topological polar surface area (TPSA) is 65.7 Å². The van der Waals surface area contributed by atoms with E-state index in [9.17, 15) is 9.59 Å². The molecule has 0 saturated heterocycles. The predicted octanol–water partition coefficient (Wildman–Crippen LogP) is 3.46. The molecule has 26 heavy (non-hydrogen) atoms. The van der Waals surface area contributed by atoms with E-state index >= 15 is 0 Å². The zero-order valence-electron chi connectivity index (χ0n) is 14.6. The van der Waals surface area contributed by atoms with Crippen LogP contribution in [0.3, 0.4) is 0 Å². The maximum atomic E-state index is 12.4. The molecule has 0 saturated carbocycles. The van der Waals surface area contributed by atoms with Crippen molar-refractivity contribution in [3.63, 3.8) is 0 Å². The van der Waals surface area contributed by atoms with E-state index in [-0.39, 0.29) is 6.61 Å². The average molecular weight is 350 g/mol. The van der Waals surface area contributed by atoms with Crippen molar-refractivity contribution < 1.29 is 18.7 Å². The van der Waals surface area contributed by atoms with Gasteiger partial charge in [0.1, 0.15) is 17.9 Å². The lowest BCUT2D eigenvalue weighted by Gasteiger charge is -2.12. The van der Waals surface area contributed by atoms with Gasteiger partial charge >= 0.3 is 11.6 Å². The summed E-state index contributed by atoms with van der Waals surface area (Å²) in [6.45, 7) is 3.86. The molecule has 0 unspecified atom stereocenters. The molecule has 2 aromatic carbocycles. The first-order valence-corrected chi connectivity index (χ1v) is 8.47. The Morgan fingerprint density at radius 1 is 1.19 bits per heavy atom. The van der Waals surface area contributed by atoms with E-state index < -0.39 is 17.7 Å². The molecule has 2 heterocycles. The van der Waals surface area contributed by atoms with Crippen molar-refractivity contribution in [3.05, 3.63) is 75.1 Å². The largest absolute Gasteiger partial charge is 0.478 e. The van der Waals surface area contributed by atoms with Gasteiger partial charge in [-0.05, 0) is 36.6 Å². The summed E-state index contributed by atoms with van der Waals surface area (Å²) in [5.74, 6) is 0.276. The van der Waals surface area contributed by atoms with E-state index in [0.717, 1.165) is 22.1 Å². The Labute approximate surface area is 150 Å². The Balaban J connectivity index is 1.54. The number of hydrogen-bond donors (Lipinski definition) is 0. The van der Waals surface area contributed by atoms with E-state index in [1.165, 1.54) is 6.07 Å². The highest BCUT2D eigenvalue weighted by Crippen LogP contribution is 2.29. The number of carbonyl (C=O) groups excluding carboxylic acids is 1. The molecule has 132 valence electrons. The molecule has 0 bridgehead atoms. The van der Waals surface area contributed by atoms with Gasteiger partial charge in [0.05, 0.1) is 0 Å². The summed E-state index contributed by atoms with van der Waals surface area (Å²) >= 11 is 0. The van der Waals surface area contributed by atoms with Crippen LogP contribution in [0.15, 0.2) is 51.7 Å². The molecule has 5 heteroatoms. The number of para-hydroxylation sites is 1. The summed E-state index contributed by atoms with van der Waals surface area (Å²) in [5.41, 5.74) is 3.64. The molecule has 1 aliphatic heterocycles. The number of esters is 1. The first kappa shape index (κ1) is 16.4. The Hall–Kier alpha value is -3.08. The van der Waals surface area contributed by atoms with Gasteiger partial charge in [-0.2, -0.15) is 0 Å². The molecule has 0 spiro atoms. The van der Waals surface area contributed by atoms with Gasteiger partial charge in [0, 0.05) is 23.4 Å². The van der Waals surface area contributed by atoms with Crippen LogP contribution in [0, 0.1) is 13.8 Å². The molecular weight excluding hydrogens is 332 g/mol. The molecule has 5 nitrogen and oxygen atoms in total. The SMILES string of the molecule is Cc1ccc2c(COC(=O)[C@@H]3Cc4ccccc4O3)cc(=O)oc2c1C. The molecule has 3 aromatic rings. The summed E-state index contributed by atoms with van der Waals surface area (Å²) in [7, 11) is 0. The van der Waals surface area contributed by atoms with Gasteiger partial charge < -0.3 is 13.9 Å². The van der Waals surface area contributed by atoms with Crippen molar-refractivity contribution in [1.29, 1.82) is 0 Å². The fourth-order valence-corrected chi connectivity index (χ4v) is 3.20. The molecule has 0 amide bonds. The second-order valence-electron chi connectivity index (χ2n) is 6.50. The lowest BCUT2D eigenvalue weighted by atomic mass is 10.0. The summed E-state index contributed by atoms with van der Waals surface area (Å²) in [6, 6.07) is 12.8. The molecule has 4 rings (SSSR count). The summed E-state index contributed by atoms with van der Waals surface area (Å²) in [5, 5.41) is 0.774. The van der Waals surface area contributed by atoms with Gasteiger partial charge in [-0.15, -0.1) is 0 Å². The molecule has 0 fully saturated rings. The molecular formula is C21H18O5. The second kappa shape index (κ2) is 6.33. The fraction of sp³-hybridized carbons (Fsp3) is 0.238. The number of ether oxygens (including phenoxy) is 2. The first-order chi connectivity index (χ1) is 12.5. The minimum absolute atomic E-state index is 0.000358. The van der Waals surface area contributed by atoms with Crippen LogP contribution in [0.4, 0.5) is 0 Å². The van der Waals surface area contributed by atoms with Crippen LogP contribution in [0.2, 0.25) is 0 Å². The molecule has 0 aliphatic carbocycles. The Morgan fingerprint density at radius 3 is 2.81 bits per heavy atom. The lowest BCUT2D eigenvalue weighted by molar-refractivity contribution is -0.152. The van der Waals surface area contributed by atoms with Gasteiger partial charge in [0.2, 0.25) is 0 Å². The minimum atomic E-state index is -0.650. The first-order valence-electron chi connectivity index (χ1n) is 8.47. The molecule has 0 N–H and O–H groups in total. The number of fused-ring (bicyclic) bond motifs is 2. The maximum Gasteiger partial charge on any atom is 0.348 e. The Bertz CT molecular complexity index is 1040. The highest BCUT2D eigenvalue weighted by molar-refractivity contribution is 5.84. The summed E-state index contributed by atoms with van der Waals surface area (Å²) in [6.07, 6.45) is -0.159. The van der Waals surface area contributed by atoms with Crippen molar-refractivity contribution in [3.8, 4) is 5.75 Å². The average Bonchev–Trinajstić information content (AvgIpc) is 3.07. The zero-order valence-corrected chi connectivity index (χ0v) is 14.6. The summed E-state index contributed by atoms with van der Waals surface area (Å²) < 4.78 is 16.4. The van der Waals surface area contributed by atoms with E-state index in [0.29, 0.717) is 23.3 Å². The monoisotopic (exact) mass is 350 g/mol. The second-order valence-corrected chi connectivity index (χ2v) is 6.50. The number of carbonyl (C=O) groups is 1. The van der Waals surface area contributed by atoms with Crippen LogP contribution in [0.5, 0.6) is 5.75 Å². The molecule has 1 atom stereocenters. The third-order valence-corrected chi connectivity index (χ3v) is 4.80. The lowest BCUT2D eigenvalue weighted by Crippen LogP contribution is -2.27. The van der Waals surface area contributed by atoms with E-state index in [4.69, 9.17) is 13.9 Å². The Morgan fingerprint density at radius 2 is 2.00 bits per heavy atom. The highest BCUT2D eigenvalue weighted by atomic mass is 16.6. The smallest absolute Gasteiger partial charge is 0.348 e. The van der Waals surface area contributed by atoms with Crippen molar-refractivity contribution in [1.82, 2.24) is 0 Å². The molecule has 0 radical (unpaired) electrons. The van der Waals surface area contributed by atoms with Crippen LogP contribution in [-0.4, -0.2) is 12.1 Å². The van der Waals surface area contributed by atoms with Gasteiger partial charge in [-0.3, -0.25) is 0 Å². The van der Waals surface area contributed by atoms with Gasteiger partial charge in [-0.25, -0.2) is 9.59 Å². The number of benzene rings is 2. The highest BCUT2D eigenvalue weighted by Gasteiger charge is 2.30.